The monoisotopic (exact) mass is 399 g/mol. The molecule has 0 atom stereocenters. The summed E-state index contributed by atoms with van der Waals surface area (Å²) in [6, 6.07) is 13.1. The van der Waals surface area contributed by atoms with Crippen LogP contribution < -0.4 is 4.31 Å². The third-order valence-electron chi connectivity index (χ3n) is 7.35. The van der Waals surface area contributed by atoms with Crippen LogP contribution in [0.3, 0.4) is 0 Å². The fourth-order valence-electron chi connectivity index (χ4n) is 6.39. The Kier molecular flexibility index (Phi) is 4.10. The molecule has 28 heavy (non-hydrogen) atoms. The Balaban J connectivity index is 1.41. The zero-order valence-electron chi connectivity index (χ0n) is 16.1. The summed E-state index contributed by atoms with van der Waals surface area (Å²) < 4.78 is 40.1. The molecule has 5 heteroatoms. The maximum Gasteiger partial charge on any atom is 0.264 e. The summed E-state index contributed by atoms with van der Waals surface area (Å²) in [4.78, 5) is 0.0987. The molecule has 0 radical (unpaired) electrons. The highest BCUT2D eigenvalue weighted by Crippen LogP contribution is 2.60. The van der Waals surface area contributed by atoms with Gasteiger partial charge in [-0.05, 0) is 104 Å². The van der Waals surface area contributed by atoms with Gasteiger partial charge in [0.1, 0.15) is 5.82 Å². The van der Waals surface area contributed by atoms with Crippen LogP contribution in [0.4, 0.5) is 10.1 Å². The number of hydrogen-bond donors (Lipinski definition) is 0. The molecule has 0 N–H and O–H groups in total. The number of hydrogen-bond acceptors (Lipinski definition) is 2. The van der Waals surface area contributed by atoms with Gasteiger partial charge in [-0.1, -0.05) is 12.1 Å². The van der Waals surface area contributed by atoms with E-state index in [0.717, 1.165) is 17.8 Å². The van der Waals surface area contributed by atoms with Gasteiger partial charge in [0.15, 0.2) is 0 Å². The van der Waals surface area contributed by atoms with Gasteiger partial charge in [-0.15, -0.1) is 0 Å². The molecule has 3 nitrogen and oxygen atoms in total. The highest BCUT2D eigenvalue weighted by Gasteiger charge is 2.51. The molecule has 148 valence electrons. The number of nitrogens with zero attached hydrogens (tertiary/aromatic N) is 1. The van der Waals surface area contributed by atoms with E-state index in [9.17, 15) is 12.8 Å². The topological polar surface area (TPSA) is 37.4 Å². The molecule has 6 rings (SSSR count). The van der Waals surface area contributed by atoms with Crippen LogP contribution in [-0.2, 0) is 15.4 Å². The normalized spacial score (nSPS) is 31.1. The lowest BCUT2D eigenvalue weighted by molar-refractivity contribution is -0.00518. The van der Waals surface area contributed by atoms with Crippen LogP contribution in [-0.4, -0.2) is 15.5 Å². The minimum absolute atomic E-state index is 0.0987. The molecule has 4 fully saturated rings. The molecule has 0 heterocycles. The smallest absolute Gasteiger partial charge is 0.264 e. The molecule has 4 bridgehead atoms. The Morgan fingerprint density at radius 2 is 1.36 bits per heavy atom. The molecule has 2 aromatic carbocycles. The summed E-state index contributed by atoms with van der Waals surface area (Å²) in [5.74, 6) is 2.20. The molecule has 0 aliphatic heterocycles. The fourth-order valence-corrected chi connectivity index (χ4v) is 7.59. The van der Waals surface area contributed by atoms with Gasteiger partial charge in [-0.25, -0.2) is 12.8 Å². The first-order valence-corrected chi connectivity index (χ1v) is 11.6. The van der Waals surface area contributed by atoms with Crippen LogP contribution in [0.1, 0.15) is 44.1 Å². The van der Waals surface area contributed by atoms with Crippen molar-refractivity contribution >= 4 is 15.7 Å². The third-order valence-corrected chi connectivity index (χ3v) is 9.15. The van der Waals surface area contributed by atoms with Crippen LogP contribution in [0.15, 0.2) is 53.4 Å². The lowest BCUT2D eigenvalue weighted by Crippen LogP contribution is -2.48. The van der Waals surface area contributed by atoms with Crippen molar-refractivity contribution in [1.82, 2.24) is 0 Å². The standard InChI is InChI=1S/C23H26FNO2S/c1-25(28(26,27)22-8-4-20(24)5-9-22)21-6-2-19(3-7-21)23-13-16-10-17(14-23)12-18(11-16)15-23/h2-9,16-18H,10-15H2,1H3. The molecule has 0 saturated heterocycles. The summed E-state index contributed by atoms with van der Waals surface area (Å²) >= 11 is 0. The van der Waals surface area contributed by atoms with Crippen molar-refractivity contribution < 1.29 is 12.8 Å². The molecule has 0 aromatic heterocycles. The third kappa shape index (κ3) is 2.86. The van der Waals surface area contributed by atoms with Gasteiger partial charge >= 0.3 is 0 Å². The van der Waals surface area contributed by atoms with Crippen LogP contribution in [0.5, 0.6) is 0 Å². The molecule has 0 unspecified atom stereocenters. The van der Waals surface area contributed by atoms with Crippen LogP contribution in [0.2, 0.25) is 0 Å². The lowest BCUT2D eigenvalue weighted by Gasteiger charge is -2.57. The summed E-state index contributed by atoms with van der Waals surface area (Å²) in [6.07, 6.45) is 8.12. The summed E-state index contributed by atoms with van der Waals surface area (Å²) in [7, 11) is -2.15. The second kappa shape index (κ2) is 6.31. The number of halogens is 1. The van der Waals surface area contributed by atoms with Crippen molar-refractivity contribution in [3.63, 3.8) is 0 Å². The van der Waals surface area contributed by atoms with Crippen LogP contribution in [0.25, 0.3) is 0 Å². The SMILES string of the molecule is CN(c1ccc(C23CC4CC(CC(C4)C2)C3)cc1)S(=O)(=O)c1ccc(F)cc1. The van der Waals surface area contributed by atoms with Crippen LogP contribution >= 0.6 is 0 Å². The van der Waals surface area contributed by atoms with Crippen molar-refractivity contribution in [2.75, 3.05) is 11.4 Å². The highest BCUT2D eigenvalue weighted by molar-refractivity contribution is 7.92. The van der Waals surface area contributed by atoms with E-state index in [0.29, 0.717) is 11.1 Å². The number of rotatable bonds is 4. The van der Waals surface area contributed by atoms with Crippen molar-refractivity contribution in [2.45, 2.75) is 48.8 Å². The first kappa shape index (κ1) is 18.2. The molecular formula is C23H26FNO2S. The average Bonchev–Trinajstić information content (AvgIpc) is 2.67. The van der Waals surface area contributed by atoms with Crippen LogP contribution in [0, 0.1) is 23.6 Å². The van der Waals surface area contributed by atoms with E-state index in [4.69, 9.17) is 0 Å². The fraction of sp³-hybridized carbons (Fsp3) is 0.478. The minimum Gasteiger partial charge on any atom is -0.269 e. The molecule has 4 saturated carbocycles. The number of benzene rings is 2. The Morgan fingerprint density at radius 3 is 1.86 bits per heavy atom. The molecule has 0 spiro atoms. The van der Waals surface area contributed by atoms with Gasteiger partial charge < -0.3 is 0 Å². The first-order valence-electron chi connectivity index (χ1n) is 10.2. The molecule has 0 amide bonds. The maximum atomic E-state index is 13.1. The van der Waals surface area contributed by atoms with Gasteiger partial charge in [0, 0.05) is 7.05 Å². The quantitative estimate of drug-likeness (QED) is 0.716. The summed E-state index contributed by atoms with van der Waals surface area (Å²) in [6.45, 7) is 0. The Bertz CT molecular complexity index is 947. The second-order valence-corrected chi connectivity index (χ2v) is 11.1. The Labute approximate surface area is 166 Å². The Hall–Kier alpha value is -1.88. The van der Waals surface area contributed by atoms with Crippen molar-refractivity contribution in [2.24, 2.45) is 17.8 Å². The van der Waals surface area contributed by atoms with Gasteiger partial charge in [-0.3, -0.25) is 4.31 Å². The predicted molar refractivity (Wildman–Crippen MR) is 108 cm³/mol. The van der Waals surface area contributed by atoms with Gasteiger partial charge in [0.05, 0.1) is 10.6 Å². The number of sulfonamides is 1. The molecular weight excluding hydrogens is 373 g/mol. The van der Waals surface area contributed by atoms with E-state index >= 15 is 0 Å². The van der Waals surface area contributed by atoms with E-state index in [-0.39, 0.29) is 4.90 Å². The first-order chi connectivity index (χ1) is 13.4. The molecule has 4 aliphatic carbocycles. The summed E-state index contributed by atoms with van der Waals surface area (Å²) in [5.41, 5.74) is 2.32. The zero-order chi connectivity index (χ0) is 19.5. The van der Waals surface area contributed by atoms with Crippen molar-refractivity contribution in [1.29, 1.82) is 0 Å². The predicted octanol–water partition coefficient (Wildman–Crippen LogP) is 5.12. The van der Waals surface area contributed by atoms with E-state index in [1.165, 1.54) is 72.7 Å². The lowest BCUT2D eigenvalue weighted by atomic mass is 9.48. The number of anilines is 1. The Morgan fingerprint density at radius 1 is 0.857 bits per heavy atom. The maximum absolute atomic E-state index is 13.1. The van der Waals surface area contributed by atoms with Gasteiger partial charge in [0.25, 0.3) is 10.0 Å². The van der Waals surface area contributed by atoms with E-state index < -0.39 is 15.8 Å². The minimum atomic E-state index is -3.70. The van der Waals surface area contributed by atoms with E-state index in [1.807, 2.05) is 12.1 Å². The summed E-state index contributed by atoms with van der Waals surface area (Å²) in [5, 5.41) is 0. The van der Waals surface area contributed by atoms with Crippen molar-refractivity contribution in [3.8, 4) is 0 Å². The van der Waals surface area contributed by atoms with Gasteiger partial charge in [-0.2, -0.15) is 0 Å². The second-order valence-electron chi connectivity index (χ2n) is 9.17. The van der Waals surface area contributed by atoms with E-state index in [1.54, 1.807) is 7.05 Å². The van der Waals surface area contributed by atoms with Crippen molar-refractivity contribution in [3.05, 3.63) is 59.9 Å². The van der Waals surface area contributed by atoms with Gasteiger partial charge in [0.2, 0.25) is 0 Å². The molecule has 4 aliphatic rings. The highest BCUT2D eigenvalue weighted by atomic mass is 32.2. The molecule has 2 aromatic rings. The largest absolute Gasteiger partial charge is 0.269 e. The average molecular weight is 400 g/mol. The zero-order valence-corrected chi connectivity index (χ0v) is 17.0. The van der Waals surface area contributed by atoms with E-state index in [2.05, 4.69) is 12.1 Å².